The van der Waals surface area contributed by atoms with Gasteiger partial charge in [-0.05, 0) is 41.1 Å². The molecule has 0 bridgehead atoms. The summed E-state index contributed by atoms with van der Waals surface area (Å²) in [5.41, 5.74) is 6.70. The highest BCUT2D eigenvalue weighted by atomic mass is 127. The van der Waals surface area contributed by atoms with Gasteiger partial charge in [-0.15, -0.1) is 0 Å². The minimum atomic E-state index is -0.532. The highest BCUT2D eigenvalue weighted by Gasteiger charge is 2.09. The maximum Gasteiger partial charge on any atom is 0.322 e. The van der Waals surface area contributed by atoms with Crippen LogP contribution in [0.4, 0.5) is 10.1 Å². The molecule has 2 rings (SSSR count). The number of nitrogens with two attached hydrogens (primary N) is 1. The van der Waals surface area contributed by atoms with Crippen LogP contribution in [-0.2, 0) is 0 Å². The van der Waals surface area contributed by atoms with Gasteiger partial charge >= 0.3 is 6.01 Å². The Hall–Kier alpha value is -1.44. The van der Waals surface area contributed by atoms with Gasteiger partial charge in [0.05, 0.1) is 0 Å². The van der Waals surface area contributed by atoms with Crippen molar-refractivity contribution < 1.29 is 9.13 Å². The molecule has 0 spiro atoms. The number of nitrogen functional groups attached to an aromatic ring is 1. The van der Waals surface area contributed by atoms with Gasteiger partial charge in [-0.3, -0.25) is 0 Å². The topological polar surface area (TPSA) is 61.0 Å². The predicted octanol–water partition coefficient (Wildman–Crippen LogP) is 2.90. The molecule has 0 atom stereocenters. The van der Waals surface area contributed by atoms with Crippen LogP contribution in [0.5, 0.6) is 11.8 Å². The molecule has 0 radical (unpaired) electrons. The maximum absolute atomic E-state index is 13.5. The number of halogens is 2. The number of rotatable bonds is 2. The van der Waals surface area contributed by atoms with Crippen molar-refractivity contribution in [2.45, 2.75) is 6.92 Å². The van der Waals surface area contributed by atoms with Crippen LogP contribution >= 0.6 is 22.6 Å². The zero-order chi connectivity index (χ0) is 12.4. The van der Waals surface area contributed by atoms with Crippen LogP contribution in [0.3, 0.4) is 0 Å². The van der Waals surface area contributed by atoms with Crippen LogP contribution in [0, 0.1) is 16.3 Å². The first kappa shape index (κ1) is 12.0. The number of aromatic nitrogens is 2. The Bertz CT molecular complexity index is 545. The van der Waals surface area contributed by atoms with Crippen molar-refractivity contribution in [2.24, 2.45) is 0 Å². The van der Waals surface area contributed by atoms with Crippen LogP contribution in [0.15, 0.2) is 24.5 Å². The fraction of sp³-hybridized carbons (Fsp3) is 0.0909. The van der Waals surface area contributed by atoms with Gasteiger partial charge in [0.2, 0.25) is 0 Å². The number of aryl methyl sites for hydroxylation is 1. The summed E-state index contributed by atoms with van der Waals surface area (Å²) in [6.45, 7) is 1.77. The van der Waals surface area contributed by atoms with E-state index in [1.807, 2.05) is 0 Å². The molecule has 0 aliphatic rings. The molecule has 88 valence electrons. The molecule has 4 nitrogen and oxygen atoms in total. The molecule has 1 aromatic carbocycles. The zero-order valence-corrected chi connectivity index (χ0v) is 11.1. The second-order valence-electron chi connectivity index (χ2n) is 3.43. The first-order valence-electron chi connectivity index (χ1n) is 4.77. The fourth-order valence-electron chi connectivity index (χ4n) is 1.20. The summed E-state index contributed by atoms with van der Waals surface area (Å²) >= 11 is 2.07. The summed E-state index contributed by atoms with van der Waals surface area (Å²) in [4.78, 5) is 7.86. The number of ether oxygens (including phenoxy) is 1. The Morgan fingerprint density at radius 2 is 1.94 bits per heavy atom. The minimum Gasteiger partial charge on any atom is -0.421 e. The fourth-order valence-corrected chi connectivity index (χ4v) is 1.48. The molecule has 1 aromatic heterocycles. The van der Waals surface area contributed by atoms with E-state index in [1.54, 1.807) is 19.3 Å². The number of anilines is 1. The Labute approximate surface area is 111 Å². The summed E-state index contributed by atoms with van der Waals surface area (Å²) in [6.07, 6.45) is 3.18. The largest absolute Gasteiger partial charge is 0.421 e. The van der Waals surface area contributed by atoms with E-state index < -0.39 is 5.82 Å². The lowest BCUT2D eigenvalue weighted by Gasteiger charge is -2.07. The third-order valence-electron chi connectivity index (χ3n) is 2.12. The quantitative estimate of drug-likeness (QED) is 0.672. The summed E-state index contributed by atoms with van der Waals surface area (Å²) in [5.74, 6) is -0.465. The van der Waals surface area contributed by atoms with Crippen molar-refractivity contribution in [1.29, 1.82) is 0 Å². The number of hydrogen-bond donors (Lipinski definition) is 1. The third kappa shape index (κ3) is 2.82. The molecule has 6 heteroatoms. The maximum atomic E-state index is 13.5. The molecule has 0 aliphatic carbocycles. The second-order valence-corrected chi connectivity index (χ2v) is 4.67. The van der Waals surface area contributed by atoms with Gasteiger partial charge in [0.15, 0.2) is 11.6 Å². The van der Waals surface area contributed by atoms with E-state index in [9.17, 15) is 4.39 Å². The first-order chi connectivity index (χ1) is 8.06. The van der Waals surface area contributed by atoms with Crippen molar-refractivity contribution in [1.82, 2.24) is 9.97 Å². The van der Waals surface area contributed by atoms with E-state index in [0.29, 0.717) is 5.69 Å². The van der Waals surface area contributed by atoms with Crippen LogP contribution in [0.25, 0.3) is 0 Å². The van der Waals surface area contributed by atoms with E-state index in [0.717, 1.165) is 9.13 Å². The van der Waals surface area contributed by atoms with Gasteiger partial charge in [-0.25, -0.2) is 14.4 Å². The van der Waals surface area contributed by atoms with Crippen molar-refractivity contribution in [2.75, 3.05) is 5.73 Å². The molecule has 0 unspecified atom stereocenters. The molecule has 0 saturated carbocycles. The molecule has 0 saturated heterocycles. The van der Waals surface area contributed by atoms with Gasteiger partial charge in [0, 0.05) is 27.7 Å². The normalized spacial score (nSPS) is 10.3. The molecule has 0 amide bonds. The number of nitrogens with zero attached hydrogens (tertiary/aromatic N) is 2. The van der Waals surface area contributed by atoms with E-state index in [1.165, 1.54) is 12.1 Å². The summed E-state index contributed by atoms with van der Waals surface area (Å²) in [5, 5.41) is 0. The average molecular weight is 345 g/mol. The standard InChI is InChI=1S/C11H9FIN3O/c1-6-2-10(8(12)3-9(6)14)17-11-15-4-7(13)5-16-11/h2-5H,14H2,1H3. The van der Waals surface area contributed by atoms with E-state index in [-0.39, 0.29) is 11.8 Å². The van der Waals surface area contributed by atoms with Gasteiger partial charge in [0.25, 0.3) is 0 Å². The molecular weight excluding hydrogens is 336 g/mol. The molecule has 2 aromatic rings. The minimum absolute atomic E-state index is 0.0675. The number of benzene rings is 1. The molecule has 17 heavy (non-hydrogen) atoms. The molecular formula is C11H9FIN3O. The highest BCUT2D eigenvalue weighted by Crippen LogP contribution is 2.26. The average Bonchev–Trinajstić information content (AvgIpc) is 2.29. The molecule has 0 fully saturated rings. The third-order valence-corrected chi connectivity index (χ3v) is 2.68. The first-order valence-corrected chi connectivity index (χ1v) is 5.85. The van der Waals surface area contributed by atoms with Crippen molar-refractivity contribution in [3.63, 3.8) is 0 Å². The Morgan fingerprint density at radius 1 is 1.29 bits per heavy atom. The SMILES string of the molecule is Cc1cc(Oc2ncc(I)cn2)c(F)cc1N. The van der Waals surface area contributed by atoms with E-state index in [2.05, 4.69) is 32.6 Å². The predicted molar refractivity (Wildman–Crippen MR) is 70.4 cm³/mol. The number of hydrogen-bond acceptors (Lipinski definition) is 4. The van der Waals surface area contributed by atoms with Crippen molar-refractivity contribution >= 4 is 28.3 Å². The van der Waals surface area contributed by atoms with Crippen molar-refractivity contribution in [3.05, 3.63) is 39.5 Å². The van der Waals surface area contributed by atoms with Gasteiger partial charge in [-0.2, -0.15) is 0 Å². The Kier molecular flexibility index (Phi) is 3.41. The summed E-state index contributed by atoms with van der Waals surface area (Å²) in [7, 11) is 0. The second kappa shape index (κ2) is 4.82. The Balaban J connectivity index is 2.30. The van der Waals surface area contributed by atoms with Gasteiger partial charge < -0.3 is 10.5 Å². The lowest BCUT2D eigenvalue weighted by atomic mass is 10.2. The molecule has 0 aliphatic heterocycles. The lowest BCUT2D eigenvalue weighted by molar-refractivity contribution is 0.410. The van der Waals surface area contributed by atoms with Crippen LogP contribution in [0.1, 0.15) is 5.56 Å². The molecule has 2 N–H and O–H groups in total. The van der Waals surface area contributed by atoms with Crippen LogP contribution in [0.2, 0.25) is 0 Å². The van der Waals surface area contributed by atoms with Gasteiger partial charge in [0.1, 0.15) is 0 Å². The zero-order valence-electron chi connectivity index (χ0n) is 8.95. The van der Waals surface area contributed by atoms with Crippen LogP contribution in [-0.4, -0.2) is 9.97 Å². The Morgan fingerprint density at radius 3 is 2.59 bits per heavy atom. The smallest absolute Gasteiger partial charge is 0.322 e. The van der Waals surface area contributed by atoms with Crippen LogP contribution < -0.4 is 10.5 Å². The summed E-state index contributed by atoms with van der Waals surface area (Å²) < 4.78 is 19.7. The van der Waals surface area contributed by atoms with Crippen molar-refractivity contribution in [3.8, 4) is 11.8 Å². The lowest BCUT2D eigenvalue weighted by Crippen LogP contribution is -1.97. The molecule has 1 heterocycles. The van der Waals surface area contributed by atoms with E-state index in [4.69, 9.17) is 10.5 Å². The van der Waals surface area contributed by atoms with Gasteiger partial charge in [-0.1, -0.05) is 0 Å². The highest BCUT2D eigenvalue weighted by molar-refractivity contribution is 14.1. The summed E-state index contributed by atoms with van der Waals surface area (Å²) in [6, 6.07) is 2.84. The van der Waals surface area contributed by atoms with E-state index >= 15 is 0 Å². The monoisotopic (exact) mass is 345 g/mol.